The Kier molecular flexibility index (Phi) is 2.51. The zero-order valence-corrected chi connectivity index (χ0v) is 9.34. The lowest BCUT2D eigenvalue weighted by Gasteiger charge is -2.23. The van der Waals surface area contributed by atoms with E-state index in [1.54, 1.807) is 0 Å². The second-order valence-corrected chi connectivity index (χ2v) is 4.51. The van der Waals surface area contributed by atoms with Crippen LogP contribution in [0, 0.1) is 0 Å². The standard InChI is InChI=1S/C10H13BrN2O/c11-8-3-1-2-7(9(8)12)10(14)4-5-13-6-10/h1-3,13-14H,4-6,12H2. The van der Waals surface area contributed by atoms with E-state index in [1.807, 2.05) is 18.2 Å². The van der Waals surface area contributed by atoms with Gasteiger partial charge >= 0.3 is 0 Å². The number of nitrogen functional groups attached to an aromatic ring is 1. The molecule has 1 aliphatic heterocycles. The topological polar surface area (TPSA) is 58.3 Å². The molecule has 1 saturated heterocycles. The maximum Gasteiger partial charge on any atom is 0.105 e. The third kappa shape index (κ3) is 1.54. The third-order valence-electron chi connectivity index (χ3n) is 2.69. The minimum absolute atomic E-state index is 0.577. The summed E-state index contributed by atoms with van der Waals surface area (Å²) in [5.74, 6) is 0. The van der Waals surface area contributed by atoms with Crippen molar-refractivity contribution < 1.29 is 5.11 Å². The van der Waals surface area contributed by atoms with Crippen LogP contribution in [0.3, 0.4) is 0 Å². The fourth-order valence-electron chi connectivity index (χ4n) is 1.85. The molecule has 0 aromatic heterocycles. The van der Waals surface area contributed by atoms with E-state index in [0.29, 0.717) is 18.7 Å². The van der Waals surface area contributed by atoms with Crippen molar-refractivity contribution in [2.24, 2.45) is 0 Å². The molecule has 1 atom stereocenters. The number of halogens is 1. The first-order valence-electron chi connectivity index (χ1n) is 4.61. The number of rotatable bonds is 1. The highest BCUT2D eigenvalue weighted by Crippen LogP contribution is 2.35. The van der Waals surface area contributed by atoms with Gasteiger partial charge in [-0.25, -0.2) is 0 Å². The van der Waals surface area contributed by atoms with E-state index in [4.69, 9.17) is 5.73 Å². The first-order valence-corrected chi connectivity index (χ1v) is 5.40. The van der Waals surface area contributed by atoms with Crippen LogP contribution in [0.2, 0.25) is 0 Å². The number of benzene rings is 1. The highest BCUT2D eigenvalue weighted by molar-refractivity contribution is 9.10. The Balaban J connectivity index is 2.45. The highest BCUT2D eigenvalue weighted by atomic mass is 79.9. The van der Waals surface area contributed by atoms with Crippen molar-refractivity contribution in [1.29, 1.82) is 0 Å². The summed E-state index contributed by atoms with van der Waals surface area (Å²) in [5, 5.41) is 13.4. The lowest BCUT2D eigenvalue weighted by molar-refractivity contribution is 0.0595. The normalized spacial score (nSPS) is 26.7. The molecule has 76 valence electrons. The van der Waals surface area contributed by atoms with Gasteiger partial charge in [0.2, 0.25) is 0 Å². The molecule has 1 aromatic carbocycles. The van der Waals surface area contributed by atoms with Crippen LogP contribution >= 0.6 is 15.9 Å². The molecular weight excluding hydrogens is 244 g/mol. The van der Waals surface area contributed by atoms with Crippen molar-refractivity contribution in [1.82, 2.24) is 5.32 Å². The number of para-hydroxylation sites is 1. The summed E-state index contributed by atoms with van der Waals surface area (Å²) in [6.07, 6.45) is 0.716. The Labute approximate surface area is 91.4 Å². The molecule has 0 bridgehead atoms. The van der Waals surface area contributed by atoms with Gasteiger partial charge in [-0.1, -0.05) is 12.1 Å². The second kappa shape index (κ2) is 3.53. The van der Waals surface area contributed by atoms with E-state index in [1.165, 1.54) is 0 Å². The Hall–Kier alpha value is -0.580. The average molecular weight is 257 g/mol. The summed E-state index contributed by atoms with van der Waals surface area (Å²) in [6, 6.07) is 5.66. The van der Waals surface area contributed by atoms with E-state index in [9.17, 15) is 5.11 Å². The van der Waals surface area contributed by atoms with Gasteiger partial charge in [0, 0.05) is 16.6 Å². The molecule has 0 saturated carbocycles. The highest BCUT2D eigenvalue weighted by Gasteiger charge is 2.34. The van der Waals surface area contributed by atoms with Crippen LogP contribution < -0.4 is 11.1 Å². The number of aliphatic hydroxyl groups is 1. The molecule has 1 aliphatic rings. The predicted octanol–water partition coefficient (Wildman–Crippen LogP) is 1.21. The van der Waals surface area contributed by atoms with Gasteiger partial charge < -0.3 is 16.2 Å². The van der Waals surface area contributed by atoms with Gasteiger partial charge in [0.1, 0.15) is 5.60 Å². The molecule has 1 heterocycles. The SMILES string of the molecule is Nc1c(Br)cccc1C1(O)CCNC1. The first-order chi connectivity index (χ1) is 6.63. The van der Waals surface area contributed by atoms with Gasteiger partial charge in [-0.2, -0.15) is 0 Å². The van der Waals surface area contributed by atoms with E-state index in [-0.39, 0.29) is 0 Å². The minimum Gasteiger partial charge on any atom is -0.398 e. The first kappa shape index (κ1) is 9.96. The smallest absolute Gasteiger partial charge is 0.105 e. The predicted molar refractivity (Wildman–Crippen MR) is 59.9 cm³/mol. The van der Waals surface area contributed by atoms with Gasteiger partial charge in [0.05, 0.1) is 5.69 Å². The van der Waals surface area contributed by atoms with Crippen molar-refractivity contribution in [2.75, 3.05) is 18.8 Å². The number of anilines is 1. The number of nitrogens with one attached hydrogen (secondary N) is 1. The van der Waals surface area contributed by atoms with Gasteiger partial charge in [-0.05, 0) is 35.0 Å². The zero-order valence-electron chi connectivity index (χ0n) is 7.76. The van der Waals surface area contributed by atoms with Gasteiger partial charge in [0.15, 0.2) is 0 Å². The van der Waals surface area contributed by atoms with Crippen LogP contribution in [-0.2, 0) is 5.60 Å². The average Bonchev–Trinajstić information content (AvgIpc) is 2.58. The Bertz CT molecular complexity index is 348. The summed E-state index contributed by atoms with van der Waals surface area (Å²) in [7, 11) is 0. The number of hydrogen-bond acceptors (Lipinski definition) is 3. The van der Waals surface area contributed by atoms with Gasteiger partial charge in [0.25, 0.3) is 0 Å². The maximum absolute atomic E-state index is 10.3. The monoisotopic (exact) mass is 256 g/mol. The molecule has 0 radical (unpaired) electrons. The van der Waals surface area contributed by atoms with E-state index in [2.05, 4.69) is 21.2 Å². The maximum atomic E-state index is 10.3. The molecule has 1 fully saturated rings. The fourth-order valence-corrected chi connectivity index (χ4v) is 2.22. The van der Waals surface area contributed by atoms with Crippen molar-refractivity contribution in [3.63, 3.8) is 0 Å². The lowest BCUT2D eigenvalue weighted by atomic mass is 9.92. The van der Waals surface area contributed by atoms with Crippen LogP contribution in [0.4, 0.5) is 5.69 Å². The van der Waals surface area contributed by atoms with Crippen molar-refractivity contribution in [3.8, 4) is 0 Å². The Morgan fingerprint density at radius 1 is 1.50 bits per heavy atom. The van der Waals surface area contributed by atoms with E-state index >= 15 is 0 Å². The van der Waals surface area contributed by atoms with E-state index in [0.717, 1.165) is 16.6 Å². The Morgan fingerprint density at radius 2 is 2.29 bits per heavy atom. The molecule has 0 spiro atoms. The molecule has 4 N–H and O–H groups in total. The summed E-state index contributed by atoms with van der Waals surface area (Å²) in [4.78, 5) is 0. The number of nitrogens with two attached hydrogens (primary N) is 1. The van der Waals surface area contributed by atoms with Crippen LogP contribution in [0.5, 0.6) is 0 Å². The Morgan fingerprint density at radius 3 is 2.93 bits per heavy atom. The summed E-state index contributed by atoms with van der Waals surface area (Å²) in [5.41, 5.74) is 6.57. The molecular formula is C10H13BrN2O. The molecule has 3 nitrogen and oxygen atoms in total. The van der Waals surface area contributed by atoms with Crippen molar-refractivity contribution in [2.45, 2.75) is 12.0 Å². The molecule has 4 heteroatoms. The molecule has 1 aromatic rings. The third-order valence-corrected chi connectivity index (χ3v) is 3.38. The molecule has 1 unspecified atom stereocenters. The lowest BCUT2D eigenvalue weighted by Crippen LogP contribution is -2.29. The second-order valence-electron chi connectivity index (χ2n) is 3.66. The fraction of sp³-hybridized carbons (Fsp3) is 0.400. The molecule has 0 aliphatic carbocycles. The van der Waals surface area contributed by atoms with Crippen LogP contribution in [0.1, 0.15) is 12.0 Å². The van der Waals surface area contributed by atoms with Gasteiger partial charge in [-0.15, -0.1) is 0 Å². The molecule has 14 heavy (non-hydrogen) atoms. The molecule has 2 rings (SSSR count). The van der Waals surface area contributed by atoms with E-state index < -0.39 is 5.60 Å². The van der Waals surface area contributed by atoms with Crippen molar-refractivity contribution in [3.05, 3.63) is 28.2 Å². The molecule has 0 amide bonds. The summed E-state index contributed by atoms with van der Waals surface area (Å²) in [6.45, 7) is 1.41. The van der Waals surface area contributed by atoms with Crippen LogP contribution in [-0.4, -0.2) is 18.2 Å². The summed E-state index contributed by atoms with van der Waals surface area (Å²) < 4.78 is 0.843. The quantitative estimate of drug-likeness (QED) is 0.663. The summed E-state index contributed by atoms with van der Waals surface area (Å²) >= 11 is 3.36. The number of β-amino-alcohol motifs (C(OH)–C–C–N with tert-alkyl or cyclic N) is 1. The van der Waals surface area contributed by atoms with Crippen LogP contribution in [0.25, 0.3) is 0 Å². The largest absolute Gasteiger partial charge is 0.398 e. The van der Waals surface area contributed by atoms with Crippen molar-refractivity contribution >= 4 is 21.6 Å². The minimum atomic E-state index is -0.798. The zero-order chi connectivity index (χ0) is 10.2. The number of hydrogen-bond donors (Lipinski definition) is 3. The van der Waals surface area contributed by atoms with Crippen LogP contribution in [0.15, 0.2) is 22.7 Å². The van der Waals surface area contributed by atoms with Gasteiger partial charge in [-0.3, -0.25) is 0 Å².